The molecule has 0 saturated carbocycles. The highest BCUT2D eigenvalue weighted by Crippen LogP contribution is 2.23. The number of phenolic OH excluding ortho intramolecular Hbond substituents is 1. The minimum absolute atomic E-state index is 0.0185. The van der Waals surface area contributed by atoms with Crippen molar-refractivity contribution in [3.05, 3.63) is 48.0 Å². The van der Waals surface area contributed by atoms with Gasteiger partial charge in [0.05, 0.1) is 19.0 Å². The first-order valence-corrected chi connectivity index (χ1v) is 28.2. The monoisotopic (exact) mass is 1130 g/mol. The fourth-order valence-electron chi connectivity index (χ4n) is 7.71. The first kappa shape index (κ1) is 65.8. The molecule has 1 aromatic heterocycles. The maximum Gasteiger partial charge on any atom is 0.327 e. The topological polar surface area (TPSA) is 446 Å². The molecular weight excluding hydrogens is 1060 g/mol. The number of aliphatic hydroxyl groups is 1. The maximum atomic E-state index is 14.5. The van der Waals surface area contributed by atoms with Crippen LogP contribution in [-0.4, -0.2) is 176 Å². The van der Waals surface area contributed by atoms with Crippen molar-refractivity contribution >= 4 is 80.7 Å². The lowest BCUT2D eigenvalue weighted by molar-refractivity contribution is -0.142. The molecule has 1 saturated heterocycles. The SMILES string of the molecule is CC(C)[C@@H]1NC(=O)[C@@H](C(C)C)NC(=O)[C@H](CO)NC(=O)[C@@H](Cc2cnc[nH]2)NC(=O)[C@H](CCCCN)NC(=O)[C@@H](Cc2ccc(O)cc2)NC(=O)[C@H](CCCCN)NC(=O)[C@@H](C)NC(=O)[C@H](N)CSSC[C@@H](C(=O)O)NC1=O. The minimum Gasteiger partial charge on any atom is -0.508 e. The first-order valence-electron chi connectivity index (χ1n) is 25.7. The Labute approximate surface area is 460 Å². The van der Waals surface area contributed by atoms with Crippen LogP contribution in [0.4, 0.5) is 0 Å². The number of rotatable bonds is 16. The second-order valence-corrected chi connectivity index (χ2v) is 22.0. The van der Waals surface area contributed by atoms with Crippen LogP contribution in [0.25, 0.3) is 0 Å². The van der Waals surface area contributed by atoms with Crippen LogP contribution in [-0.2, 0) is 60.8 Å². The zero-order chi connectivity index (χ0) is 58.1. The van der Waals surface area contributed by atoms with Gasteiger partial charge in [-0.25, -0.2) is 9.78 Å². The summed E-state index contributed by atoms with van der Waals surface area (Å²) >= 11 is 0. The van der Waals surface area contributed by atoms with Gasteiger partial charge in [-0.05, 0) is 88.1 Å². The number of H-pyrrole nitrogens is 1. The highest BCUT2D eigenvalue weighted by atomic mass is 33.1. The molecule has 78 heavy (non-hydrogen) atoms. The molecule has 0 aliphatic carbocycles. The summed E-state index contributed by atoms with van der Waals surface area (Å²) in [4.78, 5) is 145. The number of phenols is 1. The molecule has 0 bridgehead atoms. The minimum atomic E-state index is -1.71. The Hall–Kier alpha value is -6.53. The van der Waals surface area contributed by atoms with E-state index in [0.717, 1.165) is 21.6 Å². The van der Waals surface area contributed by atoms with Gasteiger partial charge < -0.3 is 85.4 Å². The van der Waals surface area contributed by atoms with Crippen LogP contribution in [0, 0.1) is 11.8 Å². The Morgan fingerprint density at radius 2 is 1.06 bits per heavy atom. The van der Waals surface area contributed by atoms with E-state index >= 15 is 0 Å². The largest absolute Gasteiger partial charge is 0.508 e. The molecule has 1 fully saturated rings. The Morgan fingerprint density at radius 3 is 1.56 bits per heavy atom. The number of carboxylic acids is 1. The number of aromatic nitrogens is 2. The number of unbranched alkanes of at least 4 members (excludes halogenated alkanes) is 2. The van der Waals surface area contributed by atoms with E-state index in [2.05, 4.69) is 57.8 Å². The summed E-state index contributed by atoms with van der Waals surface area (Å²) in [6.45, 7) is 7.22. The van der Waals surface area contributed by atoms with Crippen LogP contribution in [0.5, 0.6) is 5.75 Å². The standard InChI is InChI=1S/C49H78N14O13S2/c1-25(2)38-47(73)61-37(49(75)76)23-78-77-22-31(52)41(67)55-27(5)40(66)56-32(10-6-8-16-50)42(68)58-34(18-28-12-14-30(65)15-13-28)44(70)57-33(11-7-9-17-51)43(69)59-35(19-29-20-53-24-54-29)45(71)60-36(21-64)46(72)62-39(26(3)4)48(74)63-38/h12-15,20,24-27,31-39,64-65H,6-11,16-19,21-23,50-52H2,1-5H3,(H,53,54)(H,55,67)(H,56,66)(H,57,70)(H,58,68)(H,59,69)(H,60,71)(H,61,73)(H,62,72)(H,63,74)(H,75,76)/t27-,31-,32+,33+,34-,35-,36+,37+,38+,39-/m1/s1. The summed E-state index contributed by atoms with van der Waals surface area (Å²) in [7, 11) is 1.99. The molecule has 19 N–H and O–H groups in total. The van der Waals surface area contributed by atoms with E-state index in [0.29, 0.717) is 36.9 Å². The molecule has 0 spiro atoms. The van der Waals surface area contributed by atoms with E-state index in [1.807, 2.05) is 0 Å². The third kappa shape index (κ3) is 22.1. The van der Waals surface area contributed by atoms with E-state index in [1.54, 1.807) is 27.7 Å². The number of imidazole rings is 1. The Kier molecular flexibility index (Phi) is 28.4. The van der Waals surface area contributed by atoms with Gasteiger partial charge in [0.2, 0.25) is 53.2 Å². The van der Waals surface area contributed by atoms with Crippen LogP contribution in [0.1, 0.15) is 84.4 Å². The van der Waals surface area contributed by atoms with Gasteiger partial charge in [-0.2, -0.15) is 0 Å². The molecular formula is C49H78N14O13S2. The van der Waals surface area contributed by atoms with Crippen molar-refractivity contribution in [1.29, 1.82) is 0 Å². The predicted molar refractivity (Wildman–Crippen MR) is 290 cm³/mol. The van der Waals surface area contributed by atoms with Crippen molar-refractivity contribution in [2.24, 2.45) is 29.0 Å². The molecule has 0 unspecified atom stereocenters. The molecule has 1 aliphatic heterocycles. The zero-order valence-electron chi connectivity index (χ0n) is 44.5. The number of benzene rings is 1. The Morgan fingerprint density at radius 1 is 0.603 bits per heavy atom. The van der Waals surface area contributed by atoms with Crippen molar-refractivity contribution in [3.63, 3.8) is 0 Å². The van der Waals surface area contributed by atoms with Crippen molar-refractivity contribution in [1.82, 2.24) is 57.8 Å². The summed E-state index contributed by atoms with van der Waals surface area (Å²) in [5.41, 5.74) is 18.5. The van der Waals surface area contributed by atoms with Gasteiger partial charge in [0.25, 0.3) is 0 Å². The van der Waals surface area contributed by atoms with Crippen LogP contribution in [0.2, 0.25) is 0 Å². The van der Waals surface area contributed by atoms with E-state index in [9.17, 15) is 63.3 Å². The number of aromatic hydroxyl groups is 1. The molecule has 10 atom stereocenters. The summed E-state index contributed by atoms with van der Waals surface area (Å²) in [5, 5.41) is 53.6. The molecule has 434 valence electrons. The molecule has 27 nitrogen and oxygen atoms in total. The molecule has 0 radical (unpaired) electrons. The van der Waals surface area contributed by atoms with Crippen molar-refractivity contribution in [2.45, 2.75) is 146 Å². The Balaban J connectivity index is 2.11. The molecule has 2 heterocycles. The summed E-state index contributed by atoms with van der Waals surface area (Å²) in [6, 6.07) is -8.15. The summed E-state index contributed by atoms with van der Waals surface area (Å²) in [5.74, 6) is -10.8. The average Bonchev–Trinajstić information content (AvgIpc) is 3.91. The van der Waals surface area contributed by atoms with E-state index in [4.69, 9.17) is 17.2 Å². The molecule has 1 aliphatic rings. The van der Waals surface area contributed by atoms with Gasteiger partial charge in [0, 0.05) is 36.2 Å². The van der Waals surface area contributed by atoms with Gasteiger partial charge in [-0.3, -0.25) is 43.2 Å². The van der Waals surface area contributed by atoms with Crippen LogP contribution in [0.3, 0.4) is 0 Å². The van der Waals surface area contributed by atoms with E-state index < -0.39 is 138 Å². The quantitative estimate of drug-likeness (QED) is 0.0577. The van der Waals surface area contributed by atoms with Gasteiger partial charge in [-0.15, -0.1) is 0 Å². The lowest BCUT2D eigenvalue weighted by Crippen LogP contribution is -2.62. The van der Waals surface area contributed by atoms with Crippen molar-refractivity contribution in [3.8, 4) is 5.75 Å². The van der Waals surface area contributed by atoms with Crippen molar-refractivity contribution < 1.29 is 63.3 Å². The fraction of sp³-hybridized carbons (Fsp3) is 0.612. The number of nitrogens with two attached hydrogens (primary N) is 3. The second kappa shape index (κ2) is 33.7. The van der Waals surface area contributed by atoms with Gasteiger partial charge in [0.1, 0.15) is 60.1 Å². The molecule has 2 aromatic rings. The predicted octanol–water partition coefficient (Wildman–Crippen LogP) is -3.35. The Bertz CT molecular complexity index is 2310. The zero-order valence-corrected chi connectivity index (χ0v) is 46.1. The van der Waals surface area contributed by atoms with Gasteiger partial charge in [-0.1, -0.05) is 61.4 Å². The summed E-state index contributed by atoms with van der Waals surface area (Å²) in [6.07, 6.45) is 3.82. The third-order valence-corrected chi connectivity index (χ3v) is 14.8. The van der Waals surface area contributed by atoms with Crippen molar-refractivity contribution in [2.75, 3.05) is 31.2 Å². The maximum absolute atomic E-state index is 14.5. The van der Waals surface area contributed by atoms with Gasteiger partial charge >= 0.3 is 5.97 Å². The number of aliphatic hydroxyl groups excluding tert-OH is 1. The number of carbonyl (C=O) groups excluding carboxylic acids is 9. The molecule has 9 amide bonds. The number of amides is 9. The van der Waals surface area contributed by atoms with Crippen LogP contribution < -0.4 is 65.1 Å². The van der Waals surface area contributed by atoms with Gasteiger partial charge in [0.15, 0.2) is 0 Å². The van der Waals surface area contributed by atoms with E-state index in [1.165, 1.54) is 43.7 Å². The number of hydrogen-bond donors (Lipinski definition) is 16. The van der Waals surface area contributed by atoms with Crippen LogP contribution in [0.15, 0.2) is 36.8 Å². The number of aromatic amines is 1. The first-order chi connectivity index (χ1) is 37.0. The highest BCUT2D eigenvalue weighted by molar-refractivity contribution is 8.76. The molecule has 1 aromatic carbocycles. The second-order valence-electron chi connectivity index (χ2n) is 19.5. The average molecular weight is 1140 g/mol. The number of hydrogen-bond acceptors (Lipinski definition) is 18. The lowest BCUT2D eigenvalue weighted by Gasteiger charge is -2.29. The van der Waals surface area contributed by atoms with Crippen LogP contribution >= 0.6 is 21.6 Å². The fourth-order valence-corrected chi connectivity index (χ4v) is 9.99. The summed E-state index contributed by atoms with van der Waals surface area (Å²) < 4.78 is 0. The number of nitrogens with one attached hydrogen (secondary N) is 10. The number of carbonyl (C=O) groups is 10. The normalized spacial score (nSPS) is 25.9. The number of carboxylic acid groups (broad SMARTS) is 1. The number of nitrogens with zero attached hydrogens (tertiary/aromatic N) is 1. The third-order valence-electron chi connectivity index (χ3n) is 12.4. The van der Waals surface area contributed by atoms with E-state index in [-0.39, 0.29) is 56.0 Å². The molecule has 29 heteroatoms. The number of aliphatic carboxylic acids is 1. The molecule has 3 rings (SSSR count). The smallest absolute Gasteiger partial charge is 0.327 e. The lowest BCUT2D eigenvalue weighted by atomic mass is 9.99. The highest BCUT2D eigenvalue weighted by Gasteiger charge is 2.37.